The fraction of sp³-hybridized carbons (Fsp3) is 0.472. The van der Waals surface area contributed by atoms with Gasteiger partial charge in [-0.3, -0.25) is 9.88 Å². The molecule has 12 heteroatoms. The number of aromatic nitrogens is 3. The minimum atomic E-state index is -0.923. The number of hydrogen-bond donors (Lipinski definition) is 0. The quantitative estimate of drug-likeness (QED) is 0.238. The average Bonchev–Trinajstić information content (AvgIpc) is 3.77. The topological polar surface area (TPSA) is 108 Å². The van der Waals surface area contributed by atoms with E-state index in [0.717, 1.165) is 24.8 Å². The monoisotopic (exact) mass is 655 g/mol. The molecule has 0 spiro atoms. The van der Waals surface area contributed by atoms with Gasteiger partial charge in [-0.15, -0.1) is 0 Å². The molecule has 0 saturated carbocycles. The van der Waals surface area contributed by atoms with Gasteiger partial charge in [0.15, 0.2) is 5.82 Å². The molecule has 0 unspecified atom stereocenters. The number of carbonyl (C=O) groups is 1. The summed E-state index contributed by atoms with van der Waals surface area (Å²) in [6.45, 7) is 7.76. The molecule has 3 aliphatic rings. The lowest BCUT2D eigenvalue weighted by atomic mass is 9.95. The lowest BCUT2D eigenvalue weighted by molar-refractivity contribution is 0.0292. The molecular formula is C36H39F2N7O3. The number of rotatable bonds is 6. The van der Waals surface area contributed by atoms with E-state index >= 15 is 4.39 Å². The fourth-order valence-corrected chi connectivity index (χ4v) is 7.55. The molecule has 48 heavy (non-hydrogen) atoms. The Morgan fingerprint density at radius 3 is 2.73 bits per heavy atom. The van der Waals surface area contributed by atoms with Crippen molar-refractivity contribution in [2.24, 2.45) is 0 Å². The number of amides is 1. The van der Waals surface area contributed by atoms with Crippen molar-refractivity contribution in [3.8, 4) is 23.3 Å². The van der Waals surface area contributed by atoms with Gasteiger partial charge in [0, 0.05) is 56.3 Å². The smallest absolute Gasteiger partial charge is 0.410 e. The van der Waals surface area contributed by atoms with Crippen LogP contribution in [0.3, 0.4) is 0 Å². The van der Waals surface area contributed by atoms with Gasteiger partial charge in [0.25, 0.3) is 0 Å². The molecule has 0 aliphatic carbocycles. The minimum Gasteiger partial charge on any atom is -0.461 e. The number of anilines is 1. The molecule has 4 aromatic rings. The van der Waals surface area contributed by atoms with Crippen LogP contribution in [0.25, 0.3) is 32.9 Å². The SMILES string of the molecule is CN(c1nc(OC[C@@]23CCCN2C[C@H](F)C3)nc2c(F)c(-c3cccc4cccc(C#N)c34)ncc12)[C@@H]1CCN(C(=O)OC(C)(C)C)C1. The first-order chi connectivity index (χ1) is 23.0. The van der Waals surface area contributed by atoms with Gasteiger partial charge in [-0.25, -0.2) is 13.6 Å². The van der Waals surface area contributed by atoms with Crippen molar-refractivity contribution in [2.75, 3.05) is 44.7 Å². The number of carbonyl (C=O) groups excluding carboxylic acids is 1. The van der Waals surface area contributed by atoms with Crippen molar-refractivity contribution in [2.45, 2.75) is 69.8 Å². The van der Waals surface area contributed by atoms with E-state index in [1.165, 1.54) is 0 Å². The summed E-state index contributed by atoms with van der Waals surface area (Å²) in [4.78, 5) is 32.5. The Kier molecular flexibility index (Phi) is 8.06. The molecular weight excluding hydrogens is 616 g/mol. The van der Waals surface area contributed by atoms with Crippen LogP contribution in [0.15, 0.2) is 42.6 Å². The Hall–Kier alpha value is -4.63. The molecule has 0 bridgehead atoms. The molecule has 1 amide bonds. The van der Waals surface area contributed by atoms with Crippen molar-refractivity contribution in [3.63, 3.8) is 0 Å². The zero-order valence-electron chi connectivity index (χ0n) is 27.7. The van der Waals surface area contributed by atoms with Crippen LogP contribution >= 0.6 is 0 Å². The molecule has 2 aromatic carbocycles. The van der Waals surface area contributed by atoms with Gasteiger partial charge < -0.3 is 19.3 Å². The number of pyridine rings is 1. The second-order valence-corrected chi connectivity index (χ2v) is 14.2. The van der Waals surface area contributed by atoms with E-state index in [-0.39, 0.29) is 36.0 Å². The normalized spacial score (nSPS) is 22.6. The molecule has 3 fully saturated rings. The Morgan fingerprint density at radius 1 is 1.17 bits per heavy atom. The first-order valence-corrected chi connectivity index (χ1v) is 16.5. The molecule has 2 aromatic heterocycles. The number of ether oxygens (including phenoxy) is 2. The van der Waals surface area contributed by atoms with Crippen LogP contribution < -0.4 is 9.64 Å². The van der Waals surface area contributed by atoms with Gasteiger partial charge in [-0.05, 0) is 58.0 Å². The molecule has 3 atom stereocenters. The van der Waals surface area contributed by atoms with Crippen LogP contribution in [0.4, 0.5) is 19.4 Å². The van der Waals surface area contributed by atoms with Gasteiger partial charge in [-0.1, -0.05) is 30.3 Å². The summed E-state index contributed by atoms with van der Waals surface area (Å²) in [5.41, 5.74) is -0.0922. The summed E-state index contributed by atoms with van der Waals surface area (Å²) in [7, 11) is 1.85. The zero-order valence-corrected chi connectivity index (χ0v) is 27.7. The van der Waals surface area contributed by atoms with Gasteiger partial charge in [0.2, 0.25) is 0 Å². The zero-order chi connectivity index (χ0) is 33.8. The number of alkyl halides is 1. The summed E-state index contributed by atoms with van der Waals surface area (Å²) in [5.74, 6) is -0.253. The number of nitriles is 1. The predicted molar refractivity (Wildman–Crippen MR) is 178 cm³/mol. The summed E-state index contributed by atoms with van der Waals surface area (Å²) < 4.78 is 43.2. The number of likely N-dealkylation sites (N-methyl/N-ethyl adjacent to an activating group) is 1. The van der Waals surface area contributed by atoms with E-state index in [4.69, 9.17) is 14.5 Å². The third-order valence-corrected chi connectivity index (χ3v) is 9.85. The van der Waals surface area contributed by atoms with Crippen LogP contribution in [-0.2, 0) is 4.74 Å². The number of benzene rings is 2. The molecule has 7 rings (SSSR count). The number of fused-ring (bicyclic) bond motifs is 3. The van der Waals surface area contributed by atoms with Crippen LogP contribution in [-0.4, -0.2) is 94.0 Å². The lowest BCUT2D eigenvalue weighted by Gasteiger charge is -2.31. The second-order valence-electron chi connectivity index (χ2n) is 14.2. The van der Waals surface area contributed by atoms with Crippen LogP contribution in [0.5, 0.6) is 6.01 Å². The molecule has 250 valence electrons. The van der Waals surface area contributed by atoms with Crippen molar-refractivity contribution < 1.29 is 23.0 Å². The maximum absolute atomic E-state index is 16.8. The van der Waals surface area contributed by atoms with E-state index in [0.29, 0.717) is 60.2 Å². The molecule has 3 aliphatic heterocycles. The second kappa shape index (κ2) is 12.1. The lowest BCUT2D eigenvalue weighted by Crippen LogP contribution is -2.43. The predicted octanol–water partition coefficient (Wildman–Crippen LogP) is 6.26. The highest BCUT2D eigenvalue weighted by molar-refractivity contribution is 6.01. The Morgan fingerprint density at radius 2 is 1.96 bits per heavy atom. The van der Waals surface area contributed by atoms with Crippen molar-refractivity contribution in [1.82, 2.24) is 24.8 Å². The van der Waals surface area contributed by atoms with Gasteiger partial charge in [0.05, 0.1) is 22.6 Å². The summed E-state index contributed by atoms with van der Waals surface area (Å²) in [6.07, 6.45) is 3.03. The number of likely N-dealkylation sites (tertiary alicyclic amines) is 1. The van der Waals surface area contributed by atoms with E-state index in [9.17, 15) is 14.4 Å². The Bertz CT molecular complexity index is 1940. The number of hydrogen-bond acceptors (Lipinski definition) is 9. The van der Waals surface area contributed by atoms with Crippen LogP contribution in [0.1, 0.15) is 52.0 Å². The number of halogens is 2. The maximum Gasteiger partial charge on any atom is 0.410 e. The molecule has 0 N–H and O–H groups in total. The number of nitrogens with zero attached hydrogens (tertiary/aromatic N) is 7. The van der Waals surface area contributed by atoms with Crippen molar-refractivity contribution in [1.29, 1.82) is 5.26 Å². The van der Waals surface area contributed by atoms with Crippen molar-refractivity contribution >= 4 is 33.6 Å². The van der Waals surface area contributed by atoms with Gasteiger partial charge >= 0.3 is 12.1 Å². The van der Waals surface area contributed by atoms with E-state index in [1.807, 2.05) is 44.9 Å². The van der Waals surface area contributed by atoms with Gasteiger partial charge in [0.1, 0.15) is 35.4 Å². The standard InChI is InChI=1S/C36H39F2N7O3/c1-35(2,3)48-34(46)44-15-12-25(20-44)43(4)32-27-18-40-30(26-11-6-9-22-8-5-10-23(17-39)28(22)26)29(38)31(27)41-33(42-32)47-21-36-13-7-14-45(36)19-24(37)16-36/h5-6,8-11,18,24-25H,7,12-16,19-21H2,1-4H3/t24-,25-,36+/m1/s1. The van der Waals surface area contributed by atoms with Crippen LogP contribution in [0.2, 0.25) is 0 Å². The Balaban J connectivity index is 1.29. The Labute approximate surface area is 278 Å². The minimum absolute atomic E-state index is 0.0124. The first kappa shape index (κ1) is 31.9. The highest BCUT2D eigenvalue weighted by Gasteiger charge is 2.49. The molecule has 3 saturated heterocycles. The average molecular weight is 656 g/mol. The van der Waals surface area contributed by atoms with E-state index in [2.05, 4.69) is 20.9 Å². The van der Waals surface area contributed by atoms with Crippen LogP contribution in [0, 0.1) is 17.1 Å². The molecule has 5 heterocycles. The third kappa shape index (κ3) is 5.74. The molecule has 0 radical (unpaired) electrons. The largest absolute Gasteiger partial charge is 0.461 e. The van der Waals surface area contributed by atoms with E-state index in [1.54, 1.807) is 35.4 Å². The first-order valence-electron chi connectivity index (χ1n) is 16.5. The van der Waals surface area contributed by atoms with Crippen molar-refractivity contribution in [3.05, 3.63) is 54.0 Å². The summed E-state index contributed by atoms with van der Waals surface area (Å²) in [5, 5.41) is 11.6. The maximum atomic E-state index is 16.8. The molecule has 10 nitrogen and oxygen atoms in total. The summed E-state index contributed by atoms with van der Waals surface area (Å²) in [6, 6.07) is 12.9. The highest BCUT2D eigenvalue weighted by Crippen LogP contribution is 2.41. The van der Waals surface area contributed by atoms with Gasteiger partial charge in [-0.2, -0.15) is 15.2 Å². The fourth-order valence-electron chi connectivity index (χ4n) is 7.55. The van der Waals surface area contributed by atoms with E-state index < -0.39 is 23.1 Å². The third-order valence-electron chi connectivity index (χ3n) is 9.85. The summed E-state index contributed by atoms with van der Waals surface area (Å²) >= 11 is 0. The highest BCUT2D eigenvalue weighted by atomic mass is 19.1.